The molecule has 0 N–H and O–H groups in total. The second-order valence-electron chi connectivity index (χ2n) is 14.0. The maximum absolute atomic E-state index is 7.27. The first-order valence-electron chi connectivity index (χ1n) is 20.4. The Bertz CT molecular complexity index is 1180. The molecule has 0 spiro atoms. The van der Waals surface area contributed by atoms with E-state index in [9.17, 15) is 0 Å². The molecule has 3 aromatic carbocycles. The molecule has 0 aliphatic rings. The summed E-state index contributed by atoms with van der Waals surface area (Å²) in [4.78, 5) is 0. The zero-order valence-electron chi connectivity index (χ0n) is 32.7. The molecule has 5 heteroatoms. The van der Waals surface area contributed by atoms with Crippen LogP contribution in [0.3, 0.4) is 0 Å². The van der Waals surface area contributed by atoms with E-state index in [0.29, 0.717) is 6.61 Å². The maximum atomic E-state index is 7.27. The molecule has 1 atom stereocenters. The van der Waals surface area contributed by atoms with Gasteiger partial charge in [0.25, 0.3) is 0 Å². The number of thioether (sulfide) groups is 1. The van der Waals surface area contributed by atoms with Crippen molar-refractivity contribution >= 4 is 11.8 Å². The Morgan fingerprint density at radius 3 is 1.41 bits per heavy atom. The van der Waals surface area contributed by atoms with Gasteiger partial charge in [0.05, 0.1) is 26.9 Å². The summed E-state index contributed by atoms with van der Waals surface area (Å²) in [6.45, 7) is 5.85. The highest BCUT2D eigenvalue weighted by molar-refractivity contribution is 7.99. The number of benzene rings is 3. The molecule has 3 aromatic rings. The molecule has 0 aliphatic heterocycles. The third kappa shape index (κ3) is 16.0. The van der Waals surface area contributed by atoms with E-state index in [1.807, 2.05) is 36.0 Å². The fourth-order valence-electron chi connectivity index (χ4n) is 6.83. The molecular weight excluding hydrogens is 649 g/mol. The second-order valence-corrected chi connectivity index (χ2v) is 15.2. The Kier molecular flexibility index (Phi) is 22.9. The number of ether oxygens (including phenoxy) is 4. The van der Waals surface area contributed by atoms with Gasteiger partial charge in [-0.05, 0) is 59.6 Å². The normalized spacial score (nSPS) is 12.2. The lowest BCUT2D eigenvalue weighted by Crippen LogP contribution is -2.37. The molecule has 0 radical (unpaired) electrons. The summed E-state index contributed by atoms with van der Waals surface area (Å²) in [6, 6.07) is 27.2. The Morgan fingerprint density at radius 1 is 0.510 bits per heavy atom. The van der Waals surface area contributed by atoms with Crippen LogP contribution in [-0.4, -0.2) is 45.0 Å². The average molecular weight is 719 g/mol. The molecule has 0 aliphatic carbocycles. The molecule has 4 nitrogen and oxygen atoms in total. The SMILES string of the molecule is CCCCCCCCCCCCSC[C@@H](COC(c1ccccc1)(c1ccc(OC)cc1)c1ccc(OC)cc1)OCCCCCCCCCC. The first-order valence-corrected chi connectivity index (χ1v) is 21.5. The van der Waals surface area contributed by atoms with E-state index in [2.05, 4.69) is 68.4 Å². The molecule has 284 valence electrons. The van der Waals surface area contributed by atoms with Gasteiger partial charge in [0.15, 0.2) is 0 Å². The summed E-state index contributed by atoms with van der Waals surface area (Å²) >= 11 is 2.03. The van der Waals surface area contributed by atoms with E-state index in [-0.39, 0.29) is 6.10 Å². The lowest BCUT2D eigenvalue weighted by Gasteiger charge is -2.37. The van der Waals surface area contributed by atoms with Gasteiger partial charge in [0, 0.05) is 12.4 Å². The van der Waals surface area contributed by atoms with Crippen LogP contribution in [0.1, 0.15) is 146 Å². The van der Waals surface area contributed by atoms with E-state index in [0.717, 1.165) is 47.0 Å². The Morgan fingerprint density at radius 2 is 0.941 bits per heavy atom. The second kappa shape index (κ2) is 27.2. The van der Waals surface area contributed by atoms with E-state index < -0.39 is 5.60 Å². The summed E-state index contributed by atoms with van der Waals surface area (Å²) in [5.41, 5.74) is 2.36. The Labute approximate surface area is 316 Å². The topological polar surface area (TPSA) is 36.9 Å². The average Bonchev–Trinajstić information content (AvgIpc) is 3.18. The summed E-state index contributed by atoms with van der Waals surface area (Å²) in [6.07, 6.45) is 24.1. The molecule has 51 heavy (non-hydrogen) atoms. The summed E-state index contributed by atoms with van der Waals surface area (Å²) in [7, 11) is 3.42. The predicted molar refractivity (Wildman–Crippen MR) is 220 cm³/mol. The molecule has 0 saturated heterocycles. The third-order valence-corrected chi connectivity index (χ3v) is 11.1. The summed E-state index contributed by atoms with van der Waals surface area (Å²) in [5.74, 6) is 3.76. The van der Waals surface area contributed by atoms with Crippen molar-refractivity contribution in [3.63, 3.8) is 0 Å². The van der Waals surface area contributed by atoms with E-state index in [1.165, 1.54) is 115 Å². The van der Waals surface area contributed by atoms with Gasteiger partial charge in [-0.2, -0.15) is 11.8 Å². The minimum atomic E-state index is -0.832. The van der Waals surface area contributed by atoms with Crippen LogP contribution in [-0.2, 0) is 15.1 Å². The minimum absolute atomic E-state index is 0.00209. The molecule has 3 rings (SSSR count). The third-order valence-electron chi connectivity index (χ3n) is 9.96. The lowest BCUT2D eigenvalue weighted by molar-refractivity contribution is -0.0571. The van der Waals surface area contributed by atoms with Crippen LogP contribution in [0.4, 0.5) is 0 Å². The largest absolute Gasteiger partial charge is 0.497 e. The van der Waals surface area contributed by atoms with Crippen molar-refractivity contribution in [2.75, 3.05) is 38.9 Å². The van der Waals surface area contributed by atoms with Crippen molar-refractivity contribution in [1.82, 2.24) is 0 Å². The van der Waals surface area contributed by atoms with Gasteiger partial charge in [-0.1, -0.05) is 171 Å². The van der Waals surface area contributed by atoms with Gasteiger partial charge in [0.1, 0.15) is 17.1 Å². The van der Waals surface area contributed by atoms with E-state index in [4.69, 9.17) is 18.9 Å². The van der Waals surface area contributed by atoms with Gasteiger partial charge < -0.3 is 18.9 Å². The number of rotatable bonds is 31. The lowest BCUT2D eigenvalue weighted by atomic mass is 9.80. The quantitative estimate of drug-likeness (QED) is 0.0489. The van der Waals surface area contributed by atoms with Crippen molar-refractivity contribution in [3.05, 3.63) is 95.6 Å². The number of methoxy groups -OCH3 is 2. The highest BCUT2D eigenvalue weighted by Gasteiger charge is 2.38. The van der Waals surface area contributed by atoms with Crippen molar-refractivity contribution in [2.24, 2.45) is 0 Å². The van der Waals surface area contributed by atoms with Crippen molar-refractivity contribution in [2.45, 2.75) is 141 Å². The zero-order chi connectivity index (χ0) is 36.2. The minimum Gasteiger partial charge on any atom is -0.497 e. The molecular formula is C46H70O4S. The van der Waals surface area contributed by atoms with Crippen LogP contribution >= 0.6 is 11.8 Å². The molecule has 0 unspecified atom stereocenters. The number of unbranched alkanes of at least 4 members (excludes halogenated alkanes) is 16. The summed E-state index contributed by atoms with van der Waals surface area (Å²) in [5, 5.41) is 0. The van der Waals surface area contributed by atoms with Crippen LogP contribution in [0.15, 0.2) is 78.9 Å². The Hall–Kier alpha value is -2.47. The van der Waals surface area contributed by atoms with Gasteiger partial charge >= 0.3 is 0 Å². The zero-order valence-corrected chi connectivity index (χ0v) is 33.5. The molecule has 0 heterocycles. The number of hydrogen-bond acceptors (Lipinski definition) is 5. The van der Waals surface area contributed by atoms with Crippen LogP contribution in [0.2, 0.25) is 0 Å². The monoisotopic (exact) mass is 718 g/mol. The van der Waals surface area contributed by atoms with Gasteiger partial charge in [0.2, 0.25) is 0 Å². The van der Waals surface area contributed by atoms with Gasteiger partial charge in [-0.3, -0.25) is 0 Å². The van der Waals surface area contributed by atoms with Crippen LogP contribution in [0, 0.1) is 0 Å². The van der Waals surface area contributed by atoms with Crippen molar-refractivity contribution in [1.29, 1.82) is 0 Å². The standard InChI is InChI=1S/C46H70O4S/c1-5-7-9-11-13-15-16-18-20-25-37-51-39-45(49-36-24-19-17-14-12-10-8-6-2)38-50-46(40-26-22-21-23-27-40,41-28-32-43(47-3)33-29-41)42-30-34-44(48-4)35-31-42/h21-23,26-35,45H,5-20,24-25,36-39H2,1-4H3/t45-/m1/s1. The first-order chi connectivity index (χ1) is 25.2. The smallest absolute Gasteiger partial charge is 0.143 e. The number of hydrogen-bond donors (Lipinski definition) is 0. The van der Waals surface area contributed by atoms with Crippen LogP contribution in [0.25, 0.3) is 0 Å². The molecule has 0 saturated carbocycles. The van der Waals surface area contributed by atoms with Crippen LogP contribution in [0.5, 0.6) is 11.5 Å². The van der Waals surface area contributed by atoms with E-state index >= 15 is 0 Å². The van der Waals surface area contributed by atoms with E-state index in [1.54, 1.807) is 14.2 Å². The first kappa shape index (κ1) is 42.9. The molecule has 0 fully saturated rings. The van der Waals surface area contributed by atoms with Gasteiger partial charge in [-0.15, -0.1) is 0 Å². The van der Waals surface area contributed by atoms with Crippen molar-refractivity contribution < 1.29 is 18.9 Å². The van der Waals surface area contributed by atoms with Crippen molar-refractivity contribution in [3.8, 4) is 11.5 Å². The fraction of sp³-hybridized carbons (Fsp3) is 0.609. The fourth-order valence-corrected chi connectivity index (χ4v) is 7.86. The predicted octanol–water partition coefficient (Wildman–Crippen LogP) is 13.2. The maximum Gasteiger partial charge on any atom is 0.143 e. The van der Waals surface area contributed by atoms with Crippen LogP contribution < -0.4 is 9.47 Å². The Balaban J connectivity index is 1.70. The molecule has 0 aromatic heterocycles. The highest BCUT2D eigenvalue weighted by Crippen LogP contribution is 2.42. The van der Waals surface area contributed by atoms with Gasteiger partial charge in [-0.25, -0.2) is 0 Å². The highest BCUT2D eigenvalue weighted by atomic mass is 32.2. The molecule has 0 bridgehead atoms. The molecule has 0 amide bonds. The summed E-state index contributed by atoms with van der Waals surface area (Å²) < 4.78 is 25.0.